The van der Waals surface area contributed by atoms with Crippen molar-refractivity contribution in [2.24, 2.45) is 10.9 Å². The second-order valence-corrected chi connectivity index (χ2v) is 11.7. The van der Waals surface area contributed by atoms with E-state index in [-0.39, 0.29) is 51.8 Å². The average Bonchev–Trinajstić information content (AvgIpc) is 3.51. The fourth-order valence-electron chi connectivity index (χ4n) is 5.68. The lowest BCUT2D eigenvalue weighted by Gasteiger charge is -2.18. The molecule has 0 fully saturated rings. The number of nitrogens with two attached hydrogens (primary N) is 1. The Bertz CT molecular complexity index is 2060. The van der Waals surface area contributed by atoms with Crippen LogP contribution in [0.2, 0.25) is 0 Å². The Morgan fingerprint density at radius 1 is 0.827 bits per heavy atom. The first kappa shape index (κ1) is 37.6. The maximum atomic E-state index is 15.6. The Balaban J connectivity index is 1.55. The Kier molecular flexibility index (Phi) is 10.0. The molecule has 1 atom stereocenters. The van der Waals surface area contributed by atoms with Crippen molar-refractivity contribution in [1.82, 2.24) is 0 Å². The highest BCUT2D eigenvalue weighted by Crippen LogP contribution is 2.43. The summed E-state index contributed by atoms with van der Waals surface area (Å²) in [4.78, 5) is 16.3. The zero-order chi connectivity index (χ0) is 38.3. The molecule has 3 N–H and O–H groups in total. The van der Waals surface area contributed by atoms with Gasteiger partial charge in [-0.3, -0.25) is 5.41 Å². The average molecular weight is 742 g/mol. The van der Waals surface area contributed by atoms with E-state index >= 15 is 4.39 Å². The Morgan fingerprint density at radius 2 is 1.44 bits per heavy atom. The lowest BCUT2D eigenvalue weighted by atomic mass is 9.89. The first-order valence-corrected chi connectivity index (χ1v) is 14.9. The summed E-state index contributed by atoms with van der Waals surface area (Å²) in [6.45, 7) is 1.57. The second-order valence-electron chi connectivity index (χ2n) is 11.7. The number of nitrogens with zero attached hydrogens (tertiary/aromatic N) is 1. The number of methoxy groups -OCH3 is 1. The van der Waals surface area contributed by atoms with Gasteiger partial charge in [-0.2, -0.15) is 39.5 Å². The van der Waals surface area contributed by atoms with E-state index in [2.05, 4.69) is 9.89 Å². The molecule has 1 amide bonds. The van der Waals surface area contributed by atoms with E-state index in [9.17, 15) is 44.3 Å². The Morgan fingerprint density at radius 3 is 2.00 bits per heavy atom. The number of benzene rings is 4. The predicted molar refractivity (Wildman–Crippen MR) is 167 cm³/mol. The zero-order valence-electron chi connectivity index (χ0n) is 26.8. The van der Waals surface area contributed by atoms with Crippen LogP contribution in [0, 0.1) is 18.2 Å². The third-order valence-electron chi connectivity index (χ3n) is 8.10. The number of aryl methyl sites for hydroxylation is 1. The lowest BCUT2D eigenvalue weighted by Crippen LogP contribution is -2.18. The molecule has 1 heterocycles. The minimum Gasteiger partial charge on any atom is -0.496 e. The first-order chi connectivity index (χ1) is 24.1. The zero-order valence-corrected chi connectivity index (χ0v) is 26.8. The van der Waals surface area contributed by atoms with Crippen molar-refractivity contribution in [1.29, 1.82) is 5.41 Å². The molecule has 4 aromatic rings. The molecule has 0 saturated heterocycles. The van der Waals surface area contributed by atoms with E-state index in [0.29, 0.717) is 23.3 Å². The highest BCUT2D eigenvalue weighted by Gasteiger charge is 2.39. The van der Waals surface area contributed by atoms with Gasteiger partial charge in [-0.05, 0) is 83.3 Å². The van der Waals surface area contributed by atoms with Crippen molar-refractivity contribution in [3.8, 4) is 28.0 Å². The van der Waals surface area contributed by atoms with Crippen LogP contribution < -0.4 is 10.5 Å². The monoisotopic (exact) mass is 741 g/mol. The van der Waals surface area contributed by atoms with Crippen molar-refractivity contribution < 1.29 is 63.0 Å². The van der Waals surface area contributed by atoms with Crippen LogP contribution in [0.5, 0.6) is 5.75 Å². The van der Waals surface area contributed by atoms with E-state index in [1.165, 1.54) is 31.4 Å². The molecule has 7 nitrogen and oxygen atoms in total. The number of rotatable bonds is 7. The maximum Gasteiger partial charge on any atom is 0.416 e. The molecule has 0 aromatic heterocycles. The van der Waals surface area contributed by atoms with Crippen molar-refractivity contribution in [2.75, 3.05) is 7.11 Å². The predicted octanol–water partition coefficient (Wildman–Crippen LogP) is 10.0. The van der Waals surface area contributed by atoms with Crippen molar-refractivity contribution in [3.05, 3.63) is 111 Å². The van der Waals surface area contributed by atoms with Gasteiger partial charge in [0.25, 0.3) is 0 Å². The molecular formula is C35H25F10N3O4. The number of hydrogen-bond donors (Lipinski definition) is 2. The van der Waals surface area contributed by atoms with E-state index in [0.717, 1.165) is 24.3 Å². The standard InChI is InChI=1S/C35H25F10N3O4/c1-16-7-17(31(46)51-32(47)49)3-5-24(16)26-14-27(30(50-2)15-28(26)36)25-6-4-20(33(37,38)39)8-18(25)11-23-13-29(52-48-23)19-9-21(34(40,41)42)12-22(10-19)35(43,44)45/h3-10,12,14-15,29,46H,11,13H2,1-2H3,(H2,47,49). The minimum atomic E-state index is -5.12. The van der Waals surface area contributed by atoms with Crippen LogP contribution >= 0.6 is 0 Å². The molecule has 1 aliphatic heterocycles. The van der Waals surface area contributed by atoms with Crippen molar-refractivity contribution in [2.45, 2.75) is 44.4 Å². The molecule has 1 aliphatic rings. The molecule has 0 bridgehead atoms. The summed E-state index contributed by atoms with van der Waals surface area (Å²) in [7, 11) is 1.20. The highest BCUT2D eigenvalue weighted by molar-refractivity contribution is 5.98. The Hall–Kier alpha value is -5.61. The number of primary amides is 1. The number of carbonyl (C=O) groups is 1. The molecule has 17 heteroatoms. The van der Waals surface area contributed by atoms with Gasteiger partial charge in [0.1, 0.15) is 11.6 Å². The molecule has 0 saturated carbocycles. The summed E-state index contributed by atoms with van der Waals surface area (Å²) in [6, 6.07) is 10.2. The molecule has 4 aromatic carbocycles. The van der Waals surface area contributed by atoms with Gasteiger partial charge in [0.05, 0.1) is 29.5 Å². The number of hydrogen-bond acceptors (Lipinski definition) is 6. The van der Waals surface area contributed by atoms with Crippen LogP contribution in [0.4, 0.5) is 48.7 Å². The first-order valence-electron chi connectivity index (χ1n) is 14.9. The van der Waals surface area contributed by atoms with Gasteiger partial charge in [0.2, 0.25) is 5.90 Å². The van der Waals surface area contributed by atoms with Gasteiger partial charge in [-0.25, -0.2) is 9.18 Å². The minimum absolute atomic E-state index is 0.00454. The van der Waals surface area contributed by atoms with Gasteiger partial charge in [-0.1, -0.05) is 17.3 Å². The summed E-state index contributed by atoms with van der Waals surface area (Å²) in [5.74, 6) is -1.44. The van der Waals surface area contributed by atoms with E-state index < -0.39 is 71.1 Å². The number of carbonyl (C=O) groups excluding carboxylic acids is 1. The molecule has 0 aliphatic carbocycles. The van der Waals surface area contributed by atoms with Gasteiger partial charge in [0.15, 0.2) is 6.10 Å². The number of nitrogens with one attached hydrogen (secondary N) is 1. The summed E-state index contributed by atoms with van der Waals surface area (Å²) in [6.07, 6.45) is -18.5. The fourth-order valence-corrected chi connectivity index (χ4v) is 5.68. The van der Waals surface area contributed by atoms with E-state index in [1.54, 1.807) is 6.92 Å². The molecule has 52 heavy (non-hydrogen) atoms. The van der Waals surface area contributed by atoms with Crippen LogP contribution in [0.15, 0.2) is 71.9 Å². The second kappa shape index (κ2) is 13.8. The van der Waals surface area contributed by atoms with Crippen molar-refractivity contribution >= 4 is 17.7 Å². The highest BCUT2D eigenvalue weighted by atomic mass is 19.4. The van der Waals surface area contributed by atoms with Gasteiger partial charge in [0, 0.05) is 35.6 Å². The number of alkyl halides is 9. The third-order valence-corrected chi connectivity index (χ3v) is 8.10. The molecule has 0 radical (unpaired) electrons. The van der Waals surface area contributed by atoms with E-state index in [4.69, 9.17) is 20.7 Å². The number of halogens is 10. The van der Waals surface area contributed by atoms with Crippen LogP contribution in [0.3, 0.4) is 0 Å². The maximum absolute atomic E-state index is 15.6. The summed E-state index contributed by atoms with van der Waals surface area (Å²) in [5.41, 5.74) is 1.25. The molecular weight excluding hydrogens is 716 g/mol. The van der Waals surface area contributed by atoms with Gasteiger partial charge >= 0.3 is 24.6 Å². The summed E-state index contributed by atoms with van der Waals surface area (Å²) >= 11 is 0. The quantitative estimate of drug-likeness (QED) is 0.112. The third kappa shape index (κ3) is 8.13. The van der Waals surface area contributed by atoms with Gasteiger partial charge in [-0.15, -0.1) is 0 Å². The smallest absolute Gasteiger partial charge is 0.416 e. The Labute approximate surface area is 288 Å². The topological polar surface area (TPSA) is 107 Å². The van der Waals surface area contributed by atoms with Gasteiger partial charge < -0.3 is 20.0 Å². The molecule has 0 spiro atoms. The van der Waals surface area contributed by atoms with Crippen LogP contribution in [-0.4, -0.2) is 24.8 Å². The molecule has 1 unspecified atom stereocenters. The fraction of sp³-hybridized carbons (Fsp3) is 0.229. The number of oxime groups is 1. The van der Waals surface area contributed by atoms with Crippen LogP contribution in [0.25, 0.3) is 22.3 Å². The van der Waals surface area contributed by atoms with Crippen molar-refractivity contribution in [3.63, 3.8) is 0 Å². The summed E-state index contributed by atoms with van der Waals surface area (Å²) in [5, 5.41) is 11.7. The normalized spacial score (nSPS) is 14.8. The van der Waals surface area contributed by atoms with E-state index in [1.807, 2.05) is 0 Å². The lowest BCUT2D eigenvalue weighted by molar-refractivity contribution is -0.143. The number of ether oxygens (including phenoxy) is 2. The van der Waals surface area contributed by atoms with Crippen LogP contribution in [-0.2, 0) is 34.5 Å². The number of amides is 1. The van der Waals surface area contributed by atoms with Crippen LogP contribution in [0.1, 0.15) is 51.5 Å². The molecule has 274 valence electrons. The SMILES string of the molecule is COc1cc(F)c(-c2ccc(C(=N)OC(N)=O)cc2C)cc1-c1ccc(C(F)(F)F)cc1CC1=NOC(c2cc(C(F)(F)F)cc(C(F)(F)F)c2)C1. The largest absolute Gasteiger partial charge is 0.496 e. The summed E-state index contributed by atoms with van der Waals surface area (Å²) < 4.78 is 148. The molecule has 5 rings (SSSR count).